The highest BCUT2D eigenvalue weighted by Gasteiger charge is 2.15. The first-order valence-electron chi connectivity index (χ1n) is 9.61. The van der Waals surface area contributed by atoms with E-state index in [4.69, 9.17) is 10.5 Å². The fourth-order valence-corrected chi connectivity index (χ4v) is 2.26. The molecule has 0 fully saturated rings. The summed E-state index contributed by atoms with van der Waals surface area (Å²) in [5, 5.41) is 2.64. The monoisotopic (exact) mass is 466 g/mol. The molecule has 0 spiro atoms. The van der Waals surface area contributed by atoms with E-state index in [9.17, 15) is 14.4 Å². The molecule has 0 unspecified atom stereocenters. The van der Waals surface area contributed by atoms with Crippen LogP contribution in [0.5, 0.6) is 0 Å². The topological polar surface area (TPSA) is 117 Å². The number of halogens is 1. The molecule has 0 radical (unpaired) electrons. The van der Waals surface area contributed by atoms with Crippen LogP contribution in [0.3, 0.4) is 0 Å². The van der Waals surface area contributed by atoms with Gasteiger partial charge in [-0.2, -0.15) is 0 Å². The third kappa shape index (κ3) is 10.8. The number of esters is 2. The maximum absolute atomic E-state index is 11.4. The van der Waals surface area contributed by atoms with Crippen LogP contribution >= 0.6 is 12.4 Å². The van der Waals surface area contributed by atoms with E-state index in [-0.39, 0.29) is 24.3 Å². The summed E-state index contributed by atoms with van der Waals surface area (Å²) in [6.07, 6.45) is -0.468. The molecule has 9 heteroatoms. The fourth-order valence-electron chi connectivity index (χ4n) is 2.26. The molecule has 0 saturated carbocycles. The van der Waals surface area contributed by atoms with Crippen LogP contribution in [0, 0.1) is 0 Å². The Morgan fingerprint density at radius 1 is 0.812 bits per heavy atom. The predicted octanol–water partition coefficient (Wildman–Crippen LogP) is 3.85. The lowest BCUT2D eigenvalue weighted by Crippen LogP contribution is -2.32. The summed E-state index contributed by atoms with van der Waals surface area (Å²) in [6.45, 7) is 6.24. The molecule has 0 aromatic heterocycles. The Balaban J connectivity index is 0.000000639. The molecular formula is C23H31ClN2O6. The van der Waals surface area contributed by atoms with Gasteiger partial charge in [-0.15, -0.1) is 12.4 Å². The Bertz CT molecular complexity index is 862. The van der Waals surface area contributed by atoms with Gasteiger partial charge in [-0.05, 0) is 56.2 Å². The number of ether oxygens (including phenoxy) is 3. The number of methoxy groups -OCH3 is 2. The van der Waals surface area contributed by atoms with Crippen LogP contribution in [0.2, 0.25) is 0 Å². The molecule has 0 aliphatic rings. The second kappa shape index (κ2) is 14.1. The van der Waals surface area contributed by atoms with Gasteiger partial charge in [0.15, 0.2) is 0 Å². The SMILES string of the molecule is COC(=O)c1ccc(CN)cc1.COC(=O)c1ccc(CNC(=O)OC(C)(C)C)cc1.Cl. The van der Waals surface area contributed by atoms with E-state index in [1.807, 2.05) is 12.1 Å². The van der Waals surface area contributed by atoms with E-state index < -0.39 is 11.7 Å². The first kappa shape index (κ1) is 28.9. The van der Waals surface area contributed by atoms with Gasteiger partial charge in [0.1, 0.15) is 5.60 Å². The second-order valence-electron chi connectivity index (χ2n) is 7.44. The molecule has 176 valence electrons. The summed E-state index contributed by atoms with van der Waals surface area (Å²) in [5.74, 6) is -0.703. The number of alkyl carbamates (subject to hydrolysis) is 1. The van der Waals surface area contributed by atoms with E-state index in [2.05, 4.69) is 14.8 Å². The molecule has 0 aliphatic carbocycles. The zero-order valence-corrected chi connectivity index (χ0v) is 19.8. The van der Waals surface area contributed by atoms with Crippen molar-refractivity contribution < 1.29 is 28.6 Å². The third-order valence-corrected chi connectivity index (χ3v) is 3.82. The van der Waals surface area contributed by atoms with Crippen LogP contribution in [-0.4, -0.2) is 37.9 Å². The summed E-state index contributed by atoms with van der Waals surface area (Å²) in [5.41, 5.74) is 7.78. The maximum Gasteiger partial charge on any atom is 0.407 e. The number of carbonyl (C=O) groups excluding carboxylic acids is 3. The summed E-state index contributed by atoms with van der Waals surface area (Å²) < 4.78 is 14.3. The van der Waals surface area contributed by atoms with Gasteiger partial charge in [0.25, 0.3) is 0 Å². The molecule has 2 rings (SSSR count). The minimum atomic E-state index is -0.515. The molecule has 0 aliphatic heterocycles. The van der Waals surface area contributed by atoms with Gasteiger partial charge in [-0.1, -0.05) is 24.3 Å². The smallest absolute Gasteiger partial charge is 0.407 e. The van der Waals surface area contributed by atoms with Crippen LogP contribution in [-0.2, 0) is 27.3 Å². The Morgan fingerprint density at radius 2 is 1.22 bits per heavy atom. The average molecular weight is 467 g/mol. The van der Waals surface area contributed by atoms with Crippen LogP contribution in [0.25, 0.3) is 0 Å². The van der Waals surface area contributed by atoms with Crippen molar-refractivity contribution in [3.63, 3.8) is 0 Å². The normalized spacial score (nSPS) is 9.94. The highest BCUT2D eigenvalue weighted by atomic mass is 35.5. The Morgan fingerprint density at radius 3 is 1.56 bits per heavy atom. The molecule has 1 amide bonds. The summed E-state index contributed by atoms with van der Waals surface area (Å²) in [7, 11) is 2.69. The largest absolute Gasteiger partial charge is 0.465 e. The van der Waals surface area contributed by atoms with Crippen LogP contribution in [0.1, 0.15) is 52.6 Å². The molecular weight excluding hydrogens is 436 g/mol. The second-order valence-corrected chi connectivity index (χ2v) is 7.44. The van der Waals surface area contributed by atoms with E-state index in [0.717, 1.165) is 11.1 Å². The zero-order valence-electron chi connectivity index (χ0n) is 19.0. The summed E-state index contributed by atoms with van der Waals surface area (Å²) >= 11 is 0. The highest BCUT2D eigenvalue weighted by Crippen LogP contribution is 2.08. The number of nitrogens with one attached hydrogen (secondary N) is 1. The number of nitrogens with two attached hydrogens (primary N) is 1. The predicted molar refractivity (Wildman–Crippen MR) is 124 cm³/mol. The number of benzene rings is 2. The van der Waals surface area contributed by atoms with E-state index in [1.54, 1.807) is 57.2 Å². The quantitative estimate of drug-likeness (QED) is 0.507. The Hall–Kier alpha value is -3.10. The minimum Gasteiger partial charge on any atom is -0.465 e. The molecule has 2 aromatic carbocycles. The number of amides is 1. The number of hydrogen-bond donors (Lipinski definition) is 2. The summed E-state index contributed by atoms with van der Waals surface area (Å²) in [6, 6.07) is 13.8. The van der Waals surface area contributed by atoms with Crippen molar-refractivity contribution in [1.29, 1.82) is 0 Å². The molecule has 0 atom stereocenters. The van der Waals surface area contributed by atoms with Gasteiger partial charge in [0.2, 0.25) is 0 Å². The van der Waals surface area contributed by atoms with Crippen molar-refractivity contribution in [3.8, 4) is 0 Å². The van der Waals surface area contributed by atoms with Gasteiger partial charge in [-0.25, -0.2) is 14.4 Å². The fraction of sp³-hybridized carbons (Fsp3) is 0.348. The van der Waals surface area contributed by atoms with Crippen LogP contribution in [0.4, 0.5) is 4.79 Å². The molecule has 0 heterocycles. The van der Waals surface area contributed by atoms with Crippen molar-refractivity contribution >= 4 is 30.4 Å². The standard InChI is InChI=1S/C14H19NO4.C9H11NO2.ClH/c1-14(2,3)19-13(17)15-9-10-5-7-11(8-6-10)12(16)18-4;1-12-9(11)8-4-2-7(6-10)3-5-8;/h5-8H,9H2,1-4H3,(H,15,17);2-5H,6,10H2,1H3;1H. The Kier molecular flexibility index (Phi) is 12.7. The lowest BCUT2D eigenvalue weighted by molar-refractivity contribution is 0.0521. The molecule has 32 heavy (non-hydrogen) atoms. The van der Waals surface area contributed by atoms with Crippen molar-refractivity contribution in [1.82, 2.24) is 5.32 Å². The maximum atomic E-state index is 11.4. The van der Waals surface area contributed by atoms with Gasteiger partial charge in [0.05, 0.1) is 25.3 Å². The van der Waals surface area contributed by atoms with Crippen molar-refractivity contribution in [2.45, 2.75) is 39.5 Å². The van der Waals surface area contributed by atoms with E-state index in [1.165, 1.54) is 14.2 Å². The number of carbonyl (C=O) groups is 3. The molecule has 0 bridgehead atoms. The van der Waals surface area contributed by atoms with E-state index in [0.29, 0.717) is 24.2 Å². The number of hydrogen-bond acceptors (Lipinski definition) is 7. The van der Waals surface area contributed by atoms with Gasteiger partial charge < -0.3 is 25.3 Å². The van der Waals surface area contributed by atoms with E-state index >= 15 is 0 Å². The third-order valence-electron chi connectivity index (χ3n) is 3.82. The van der Waals surface area contributed by atoms with Crippen molar-refractivity contribution in [2.75, 3.05) is 14.2 Å². The van der Waals surface area contributed by atoms with Crippen molar-refractivity contribution in [3.05, 3.63) is 70.8 Å². The average Bonchev–Trinajstić information content (AvgIpc) is 2.76. The van der Waals surface area contributed by atoms with Gasteiger partial charge in [0, 0.05) is 13.1 Å². The van der Waals surface area contributed by atoms with Gasteiger partial charge >= 0.3 is 18.0 Å². The molecule has 3 N–H and O–H groups in total. The molecule has 8 nitrogen and oxygen atoms in total. The lowest BCUT2D eigenvalue weighted by atomic mass is 10.1. The Labute approximate surface area is 194 Å². The highest BCUT2D eigenvalue weighted by molar-refractivity contribution is 5.89. The zero-order chi connectivity index (χ0) is 23.4. The first-order valence-corrected chi connectivity index (χ1v) is 9.61. The first-order chi connectivity index (χ1) is 14.6. The minimum absolute atomic E-state index is 0. The van der Waals surface area contributed by atoms with Crippen LogP contribution in [0.15, 0.2) is 48.5 Å². The summed E-state index contributed by atoms with van der Waals surface area (Å²) in [4.78, 5) is 33.6. The lowest BCUT2D eigenvalue weighted by Gasteiger charge is -2.19. The van der Waals surface area contributed by atoms with Gasteiger partial charge in [-0.3, -0.25) is 0 Å². The molecule has 0 saturated heterocycles. The van der Waals surface area contributed by atoms with Crippen molar-refractivity contribution in [2.24, 2.45) is 5.73 Å². The molecule has 2 aromatic rings. The van der Waals surface area contributed by atoms with Crippen LogP contribution < -0.4 is 11.1 Å². The number of rotatable bonds is 5.